The van der Waals surface area contributed by atoms with Gasteiger partial charge in [0, 0.05) is 15.7 Å². The Morgan fingerprint density at radius 3 is 2.69 bits per heavy atom. The number of thioether (sulfide) groups is 1. The minimum Gasteiger partial charge on any atom is -0.496 e. The molecule has 152 valence electrons. The molecule has 0 aliphatic rings. The quantitative estimate of drug-likeness (QED) is 0.318. The van der Waals surface area contributed by atoms with Gasteiger partial charge in [-0.05, 0) is 83.8 Å². The molecule has 3 rings (SSSR count). The van der Waals surface area contributed by atoms with E-state index in [1.54, 1.807) is 7.11 Å². The maximum Gasteiger partial charge on any atom is 0.277 e. The average molecular weight is 523 g/mol. The van der Waals surface area contributed by atoms with E-state index in [1.165, 1.54) is 17.3 Å². The lowest BCUT2D eigenvalue weighted by atomic mass is 10.1. The van der Waals surface area contributed by atoms with Crippen LogP contribution in [0.15, 0.2) is 52.1 Å². The number of rotatable bonds is 9. The van der Waals surface area contributed by atoms with Crippen molar-refractivity contribution in [2.24, 2.45) is 0 Å². The lowest BCUT2D eigenvalue weighted by molar-refractivity contribution is -0.113. The second-order valence-electron chi connectivity index (χ2n) is 6.46. The number of aromatic nitrogens is 2. The highest BCUT2D eigenvalue weighted by Crippen LogP contribution is 2.21. The van der Waals surface area contributed by atoms with Crippen molar-refractivity contribution in [2.45, 2.75) is 31.4 Å². The number of carbonyl (C=O) groups is 1. The van der Waals surface area contributed by atoms with Crippen molar-refractivity contribution in [1.29, 1.82) is 0 Å². The largest absolute Gasteiger partial charge is 0.496 e. The van der Waals surface area contributed by atoms with Crippen molar-refractivity contribution >= 4 is 45.9 Å². The molecule has 0 radical (unpaired) electrons. The van der Waals surface area contributed by atoms with Gasteiger partial charge in [0.2, 0.25) is 11.8 Å². The third kappa shape index (κ3) is 6.74. The zero-order valence-corrected chi connectivity index (χ0v) is 19.2. The zero-order chi connectivity index (χ0) is 20.6. The molecule has 1 amide bonds. The van der Waals surface area contributed by atoms with Crippen LogP contribution >= 0.6 is 34.4 Å². The number of hydrogen-bond donors (Lipinski definition) is 1. The minimum atomic E-state index is -0.106. The normalized spacial score (nSPS) is 10.7. The Labute approximate surface area is 188 Å². The molecular formula is C21H22IN3O3S. The van der Waals surface area contributed by atoms with E-state index in [-0.39, 0.29) is 11.7 Å². The van der Waals surface area contributed by atoms with Crippen molar-refractivity contribution in [3.05, 3.63) is 63.1 Å². The van der Waals surface area contributed by atoms with Crippen LogP contribution in [0.2, 0.25) is 0 Å². The van der Waals surface area contributed by atoms with Crippen LogP contribution < -0.4 is 10.1 Å². The number of halogens is 1. The molecule has 1 N–H and O–H groups in total. The van der Waals surface area contributed by atoms with E-state index in [0.29, 0.717) is 17.5 Å². The zero-order valence-electron chi connectivity index (χ0n) is 16.3. The summed E-state index contributed by atoms with van der Waals surface area (Å²) in [5, 5.41) is 11.4. The molecule has 0 aliphatic heterocycles. The van der Waals surface area contributed by atoms with Crippen LogP contribution in [-0.4, -0.2) is 29.0 Å². The number of nitrogens with one attached hydrogen (secondary N) is 1. The van der Waals surface area contributed by atoms with Crippen LogP contribution in [0.5, 0.6) is 5.75 Å². The van der Waals surface area contributed by atoms with E-state index in [1.807, 2.05) is 37.3 Å². The van der Waals surface area contributed by atoms with Gasteiger partial charge >= 0.3 is 0 Å². The second-order valence-corrected chi connectivity index (χ2v) is 8.64. The van der Waals surface area contributed by atoms with E-state index in [9.17, 15) is 4.79 Å². The number of carbonyl (C=O) groups excluding carboxylic acids is 1. The van der Waals surface area contributed by atoms with Gasteiger partial charge in [0.25, 0.3) is 5.22 Å². The van der Waals surface area contributed by atoms with Crippen molar-refractivity contribution in [3.63, 3.8) is 0 Å². The first-order valence-corrected chi connectivity index (χ1v) is 11.2. The van der Waals surface area contributed by atoms with Crippen LogP contribution in [0.1, 0.15) is 23.4 Å². The van der Waals surface area contributed by atoms with Gasteiger partial charge < -0.3 is 14.5 Å². The highest BCUT2D eigenvalue weighted by Gasteiger charge is 2.10. The van der Waals surface area contributed by atoms with Crippen molar-refractivity contribution < 1.29 is 13.9 Å². The van der Waals surface area contributed by atoms with E-state index >= 15 is 0 Å². The highest BCUT2D eigenvalue weighted by atomic mass is 127. The van der Waals surface area contributed by atoms with Gasteiger partial charge in [0.1, 0.15) is 5.75 Å². The highest BCUT2D eigenvalue weighted by molar-refractivity contribution is 14.1. The lowest BCUT2D eigenvalue weighted by Gasteiger charge is -2.06. The fraction of sp³-hybridized carbons (Fsp3) is 0.286. The maximum absolute atomic E-state index is 12.0. The first-order chi connectivity index (χ1) is 14.0. The number of methoxy groups -OCH3 is 1. The minimum absolute atomic E-state index is 0.106. The molecule has 0 saturated carbocycles. The van der Waals surface area contributed by atoms with Gasteiger partial charge in [-0.25, -0.2) is 0 Å². The topological polar surface area (TPSA) is 77.2 Å². The van der Waals surface area contributed by atoms with Gasteiger partial charge in [0.05, 0.1) is 12.9 Å². The van der Waals surface area contributed by atoms with E-state index in [4.69, 9.17) is 9.15 Å². The summed E-state index contributed by atoms with van der Waals surface area (Å²) in [6.07, 6.45) is 2.53. The Kier molecular flexibility index (Phi) is 7.93. The summed E-state index contributed by atoms with van der Waals surface area (Å²) in [6.45, 7) is 2.04. The number of amides is 1. The third-order valence-corrected chi connectivity index (χ3v) is 5.76. The molecule has 1 aromatic heterocycles. The molecule has 3 aromatic rings. The smallest absolute Gasteiger partial charge is 0.277 e. The standard InChI is InChI=1S/C21H22IN3O3S/c1-14-12-15(6-11-18(14)27-2)4-3-5-20-24-25-21(28-20)29-13-19(26)23-17-9-7-16(22)8-10-17/h6-12H,3-5,13H2,1-2H3,(H,23,26). The Morgan fingerprint density at radius 1 is 1.17 bits per heavy atom. The molecule has 0 spiro atoms. The summed E-state index contributed by atoms with van der Waals surface area (Å²) in [7, 11) is 1.68. The summed E-state index contributed by atoms with van der Waals surface area (Å²) in [4.78, 5) is 12.0. The SMILES string of the molecule is COc1ccc(CCCc2nnc(SCC(=O)Nc3ccc(I)cc3)o2)cc1C. The predicted octanol–water partition coefficient (Wildman–Crippen LogP) is 4.90. The lowest BCUT2D eigenvalue weighted by Crippen LogP contribution is -2.13. The van der Waals surface area contributed by atoms with Gasteiger partial charge in [-0.3, -0.25) is 4.79 Å². The molecule has 2 aromatic carbocycles. The van der Waals surface area contributed by atoms with Crippen molar-refractivity contribution in [1.82, 2.24) is 10.2 Å². The number of anilines is 1. The van der Waals surface area contributed by atoms with Crippen LogP contribution in [0.25, 0.3) is 0 Å². The molecule has 0 unspecified atom stereocenters. The van der Waals surface area contributed by atoms with Crippen LogP contribution in [-0.2, 0) is 17.6 Å². The summed E-state index contributed by atoms with van der Waals surface area (Å²) in [5.74, 6) is 1.61. The molecule has 29 heavy (non-hydrogen) atoms. The Hall–Kier alpha value is -2.07. The second kappa shape index (κ2) is 10.6. The molecule has 8 heteroatoms. The van der Waals surface area contributed by atoms with E-state index < -0.39 is 0 Å². The van der Waals surface area contributed by atoms with Gasteiger partial charge in [-0.15, -0.1) is 10.2 Å². The fourth-order valence-corrected chi connectivity index (χ4v) is 3.73. The Morgan fingerprint density at radius 2 is 1.97 bits per heavy atom. The first kappa shape index (κ1) is 21.6. The third-order valence-electron chi connectivity index (χ3n) is 4.22. The number of benzene rings is 2. The van der Waals surface area contributed by atoms with Crippen LogP contribution in [0.3, 0.4) is 0 Å². The Balaban J connectivity index is 1.41. The average Bonchev–Trinajstić information content (AvgIpc) is 3.16. The van der Waals surface area contributed by atoms with Gasteiger partial charge in [0.15, 0.2) is 0 Å². The van der Waals surface area contributed by atoms with E-state index in [0.717, 1.165) is 33.4 Å². The maximum atomic E-state index is 12.0. The molecule has 0 atom stereocenters. The van der Waals surface area contributed by atoms with Gasteiger partial charge in [-0.1, -0.05) is 23.9 Å². The van der Waals surface area contributed by atoms with Crippen molar-refractivity contribution in [2.75, 3.05) is 18.2 Å². The summed E-state index contributed by atoms with van der Waals surface area (Å²) < 4.78 is 12.0. The number of nitrogens with zero attached hydrogens (tertiary/aromatic N) is 2. The van der Waals surface area contributed by atoms with Crippen molar-refractivity contribution in [3.8, 4) is 5.75 Å². The summed E-state index contributed by atoms with van der Waals surface area (Å²) >= 11 is 3.46. The monoisotopic (exact) mass is 523 g/mol. The van der Waals surface area contributed by atoms with Crippen LogP contribution in [0.4, 0.5) is 5.69 Å². The number of ether oxygens (including phenoxy) is 1. The summed E-state index contributed by atoms with van der Waals surface area (Å²) in [6, 6.07) is 13.8. The summed E-state index contributed by atoms with van der Waals surface area (Å²) in [5.41, 5.74) is 3.16. The fourth-order valence-electron chi connectivity index (χ4n) is 2.79. The van der Waals surface area contributed by atoms with E-state index in [2.05, 4.69) is 50.2 Å². The number of aryl methyl sites for hydroxylation is 3. The molecule has 6 nitrogen and oxygen atoms in total. The molecule has 0 aliphatic carbocycles. The molecule has 1 heterocycles. The first-order valence-electron chi connectivity index (χ1n) is 9.17. The predicted molar refractivity (Wildman–Crippen MR) is 123 cm³/mol. The molecule has 0 fully saturated rings. The molecule has 0 saturated heterocycles. The number of hydrogen-bond acceptors (Lipinski definition) is 6. The molecular weight excluding hydrogens is 501 g/mol. The molecule has 0 bridgehead atoms. The van der Waals surface area contributed by atoms with Crippen LogP contribution in [0, 0.1) is 10.5 Å². The Bertz CT molecular complexity index is 960. The van der Waals surface area contributed by atoms with Gasteiger partial charge in [-0.2, -0.15) is 0 Å².